The normalized spacial score (nSPS) is 14.7. The number of nitrogens with one attached hydrogen (secondary N) is 2. The average molecular weight is 345 g/mol. The number of hydrogen-bond acceptors (Lipinski definition) is 2. The highest BCUT2D eigenvalue weighted by atomic mass is 35.5. The summed E-state index contributed by atoms with van der Waals surface area (Å²) in [6.07, 6.45) is 0. The molecule has 0 saturated carbocycles. The quantitative estimate of drug-likeness (QED) is 0.786. The van der Waals surface area contributed by atoms with Crippen LogP contribution >= 0.6 is 11.6 Å². The van der Waals surface area contributed by atoms with E-state index in [1.807, 2.05) is 56.3 Å². The van der Waals surface area contributed by atoms with E-state index in [0.717, 1.165) is 5.56 Å². The predicted octanol–water partition coefficient (Wildman–Crippen LogP) is 4.30. The van der Waals surface area contributed by atoms with Crippen molar-refractivity contribution < 1.29 is 4.79 Å². The summed E-state index contributed by atoms with van der Waals surface area (Å²) in [5.74, 6) is 0.291. The third kappa shape index (κ3) is 5.36. The van der Waals surface area contributed by atoms with Gasteiger partial charge in [-0.2, -0.15) is 0 Å². The molecule has 0 aromatic heterocycles. The van der Waals surface area contributed by atoms with Crippen molar-refractivity contribution in [3.63, 3.8) is 0 Å². The fourth-order valence-electron chi connectivity index (χ4n) is 2.63. The zero-order chi connectivity index (χ0) is 17.5. The molecule has 0 aliphatic heterocycles. The molecule has 3 atom stereocenters. The van der Waals surface area contributed by atoms with Gasteiger partial charge in [-0.1, -0.05) is 61.0 Å². The lowest BCUT2D eigenvalue weighted by atomic mass is 10.0. The van der Waals surface area contributed by atoms with Crippen molar-refractivity contribution in [2.24, 2.45) is 0 Å². The lowest BCUT2D eigenvalue weighted by Gasteiger charge is -2.21. The van der Waals surface area contributed by atoms with Gasteiger partial charge < -0.3 is 5.32 Å². The summed E-state index contributed by atoms with van der Waals surface area (Å²) in [5.41, 5.74) is 2.30. The van der Waals surface area contributed by atoms with Crippen LogP contribution in [0.15, 0.2) is 54.6 Å². The third-order valence-electron chi connectivity index (χ3n) is 4.19. The van der Waals surface area contributed by atoms with E-state index < -0.39 is 0 Å². The number of benzene rings is 2. The Balaban J connectivity index is 1.83. The largest absolute Gasteiger partial charge is 0.354 e. The number of amides is 1. The zero-order valence-electron chi connectivity index (χ0n) is 14.4. The molecule has 2 N–H and O–H groups in total. The van der Waals surface area contributed by atoms with Crippen LogP contribution < -0.4 is 10.6 Å². The Labute approximate surface area is 149 Å². The van der Waals surface area contributed by atoms with E-state index in [1.165, 1.54) is 5.56 Å². The fourth-order valence-corrected chi connectivity index (χ4v) is 2.83. The fraction of sp³-hybridized carbons (Fsp3) is 0.350. The first-order chi connectivity index (χ1) is 11.5. The lowest BCUT2D eigenvalue weighted by Crippen LogP contribution is -2.44. The van der Waals surface area contributed by atoms with Crippen molar-refractivity contribution in [3.8, 4) is 0 Å². The molecule has 0 bridgehead atoms. The van der Waals surface area contributed by atoms with Gasteiger partial charge in [0.25, 0.3) is 0 Å². The van der Waals surface area contributed by atoms with Gasteiger partial charge >= 0.3 is 0 Å². The summed E-state index contributed by atoms with van der Waals surface area (Å²) in [6.45, 7) is 6.65. The molecular formula is C20H25ClN2O. The van der Waals surface area contributed by atoms with Gasteiger partial charge in [0.2, 0.25) is 5.91 Å². The molecule has 2 rings (SSSR count). The molecule has 2 aromatic carbocycles. The number of halogens is 1. The molecule has 2 aromatic rings. The molecule has 24 heavy (non-hydrogen) atoms. The van der Waals surface area contributed by atoms with Crippen LogP contribution in [0.5, 0.6) is 0 Å². The van der Waals surface area contributed by atoms with Gasteiger partial charge in [0.1, 0.15) is 0 Å². The summed E-state index contributed by atoms with van der Waals surface area (Å²) in [4.78, 5) is 12.3. The highest BCUT2D eigenvalue weighted by Crippen LogP contribution is 2.18. The maximum atomic E-state index is 12.3. The molecule has 0 fully saturated rings. The molecule has 4 heteroatoms. The van der Waals surface area contributed by atoms with E-state index in [4.69, 9.17) is 11.6 Å². The van der Waals surface area contributed by atoms with Gasteiger partial charge in [0, 0.05) is 17.6 Å². The van der Waals surface area contributed by atoms with E-state index in [9.17, 15) is 4.79 Å². The lowest BCUT2D eigenvalue weighted by molar-refractivity contribution is -0.123. The van der Waals surface area contributed by atoms with E-state index in [2.05, 4.69) is 29.7 Å². The minimum absolute atomic E-state index is 0.00617. The number of carbonyl (C=O) groups excluding carboxylic acids is 1. The minimum atomic E-state index is -0.276. The molecule has 0 radical (unpaired) electrons. The van der Waals surface area contributed by atoms with Crippen molar-refractivity contribution in [1.29, 1.82) is 0 Å². The maximum absolute atomic E-state index is 12.3. The highest BCUT2D eigenvalue weighted by molar-refractivity contribution is 6.30. The van der Waals surface area contributed by atoms with Crippen LogP contribution in [0.2, 0.25) is 5.02 Å². The Kier molecular flexibility index (Phi) is 6.83. The monoisotopic (exact) mass is 344 g/mol. The maximum Gasteiger partial charge on any atom is 0.236 e. The Morgan fingerprint density at radius 2 is 1.67 bits per heavy atom. The van der Waals surface area contributed by atoms with Crippen molar-refractivity contribution >= 4 is 17.5 Å². The van der Waals surface area contributed by atoms with Gasteiger partial charge in [-0.05, 0) is 43.0 Å². The summed E-state index contributed by atoms with van der Waals surface area (Å²) in [5, 5.41) is 7.04. The van der Waals surface area contributed by atoms with Gasteiger partial charge in [-0.25, -0.2) is 0 Å². The summed E-state index contributed by atoms with van der Waals surface area (Å²) in [7, 11) is 0. The molecular weight excluding hydrogens is 320 g/mol. The molecule has 0 spiro atoms. The van der Waals surface area contributed by atoms with Gasteiger partial charge in [0.05, 0.1) is 6.04 Å². The Morgan fingerprint density at radius 1 is 1.00 bits per heavy atom. The van der Waals surface area contributed by atoms with Gasteiger partial charge in [-0.3, -0.25) is 10.1 Å². The average Bonchev–Trinajstić information content (AvgIpc) is 2.60. The van der Waals surface area contributed by atoms with Gasteiger partial charge in [0.15, 0.2) is 0 Å². The first-order valence-electron chi connectivity index (χ1n) is 8.31. The van der Waals surface area contributed by atoms with Crippen molar-refractivity contribution in [3.05, 3.63) is 70.7 Å². The van der Waals surface area contributed by atoms with E-state index >= 15 is 0 Å². The second-order valence-electron chi connectivity index (χ2n) is 6.22. The van der Waals surface area contributed by atoms with E-state index in [-0.39, 0.29) is 23.9 Å². The van der Waals surface area contributed by atoms with Crippen LogP contribution in [0.3, 0.4) is 0 Å². The van der Waals surface area contributed by atoms with Crippen molar-refractivity contribution in [2.75, 3.05) is 6.54 Å². The van der Waals surface area contributed by atoms with Crippen LogP contribution in [0.4, 0.5) is 0 Å². The number of hydrogen-bond donors (Lipinski definition) is 2. The topological polar surface area (TPSA) is 41.1 Å². The molecule has 1 amide bonds. The molecule has 0 aliphatic rings. The minimum Gasteiger partial charge on any atom is -0.354 e. The second-order valence-corrected chi connectivity index (χ2v) is 6.66. The second kappa shape index (κ2) is 8.86. The molecule has 0 aliphatic carbocycles. The van der Waals surface area contributed by atoms with Crippen LogP contribution in [-0.2, 0) is 4.79 Å². The molecule has 0 heterocycles. The number of rotatable bonds is 7. The zero-order valence-corrected chi connectivity index (χ0v) is 15.2. The Hall–Kier alpha value is -1.84. The summed E-state index contributed by atoms with van der Waals surface area (Å²) >= 11 is 6.02. The van der Waals surface area contributed by atoms with Crippen molar-refractivity contribution in [2.45, 2.75) is 38.8 Å². The van der Waals surface area contributed by atoms with Crippen LogP contribution in [0.25, 0.3) is 0 Å². The Bertz CT molecular complexity index is 660. The smallest absolute Gasteiger partial charge is 0.236 e. The predicted molar refractivity (Wildman–Crippen MR) is 100 cm³/mol. The molecule has 0 saturated heterocycles. The van der Waals surface area contributed by atoms with Crippen molar-refractivity contribution in [1.82, 2.24) is 10.6 Å². The molecule has 3 unspecified atom stereocenters. The van der Waals surface area contributed by atoms with Crippen LogP contribution in [0.1, 0.15) is 43.9 Å². The van der Waals surface area contributed by atoms with E-state index in [0.29, 0.717) is 11.6 Å². The summed E-state index contributed by atoms with van der Waals surface area (Å²) < 4.78 is 0. The van der Waals surface area contributed by atoms with Gasteiger partial charge in [-0.15, -0.1) is 0 Å². The molecule has 3 nitrogen and oxygen atoms in total. The highest BCUT2D eigenvalue weighted by Gasteiger charge is 2.17. The third-order valence-corrected chi connectivity index (χ3v) is 4.43. The first-order valence-corrected chi connectivity index (χ1v) is 8.69. The van der Waals surface area contributed by atoms with Crippen LogP contribution in [-0.4, -0.2) is 18.5 Å². The first kappa shape index (κ1) is 18.5. The summed E-state index contributed by atoms with van der Waals surface area (Å²) in [6, 6.07) is 17.7. The molecule has 128 valence electrons. The van der Waals surface area contributed by atoms with E-state index in [1.54, 1.807) is 0 Å². The SMILES string of the molecule is CC(NC(C)c1cccc(Cl)c1)C(=O)NCC(C)c1ccccc1. The van der Waals surface area contributed by atoms with Crippen LogP contribution in [0, 0.1) is 0 Å². The number of carbonyl (C=O) groups is 1. The standard InChI is InChI=1S/C20H25ClN2O/c1-14(17-8-5-4-6-9-17)13-22-20(24)16(3)23-15(2)18-10-7-11-19(21)12-18/h4-12,14-16,23H,13H2,1-3H3,(H,22,24). The Morgan fingerprint density at radius 3 is 2.33 bits per heavy atom.